The zero-order valence-corrected chi connectivity index (χ0v) is 14.1. The molecule has 1 aliphatic carbocycles. The van der Waals surface area contributed by atoms with E-state index < -0.39 is 17.2 Å². The van der Waals surface area contributed by atoms with Crippen molar-refractivity contribution in [1.82, 2.24) is 19.9 Å². The average Bonchev–Trinajstić information content (AvgIpc) is 3.25. The largest absolute Gasteiger partial charge is 0.346 e. The lowest BCUT2D eigenvalue weighted by atomic mass is 9.88. The van der Waals surface area contributed by atoms with Crippen LogP contribution in [0.1, 0.15) is 41.6 Å². The van der Waals surface area contributed by atoms with E-state index in [1.807, 2.05) is 0 Å². The standard InChI is InChI=1S/C19H18F2N4O/c20-15-5-3-6-16(21)13(15)11-19(7-1-2-8-19)24-18(26)14-12-23-25-10-4-9-22-17(14)25/h3-6,9-10,12H,1-2,7-8,11H2,(H,24,26). The normalized spacial score (nSPS) is 16.1. The third-order valence-corrected chi connectivity index (χ3v) is 5.04. The van der Waals surface area contributed by atoms with E-state index in [0.717, 1.165) is 12.8 Å². The highest BCUT2D eigenvalue weighted by atomic mass is 19.1. The number of amides is 1. The Kier molecular flexibility index (Phi) is 4.14. The molecular weight excluding hydrogens is 338 g/mol. The minimum atomic E-state index is -0.664. The van der Waals surface area contributed by atoms with Gasteiger partial charge in [-0.3, -0.25) is 4.79 Å². The van der Waals surface area contributed by atoms with Crippen LogP contribution in [0.4, 0.5) is 8.78 Å². The van der Waals surface area contributed by atoms with Crippen molar-refractivity contribution in [1.29, 1.82) is 0 Å². The van der Waals surface area contributed by atoms with Crippen molar-refractivity contribution in [3.8, 4) is 0 Å². The van der Waals surface area contributed by atoms with Gasteiger partial charge >= 0.3 is 0 Å². The van der Waals surface area contributed by atoms with Crippen LogP contribution < -0.4 is 5.32 Å². The van der Waals surface area contributed by atoms with Crippen molar-refractivity contribution in [2.75, 3.05) is 0 Å². The average molecular weight is 356 g/mol. The summed E-state index contributed by atoms with van der Waals surface area (Å²) in [6.07, 6.45) is 8.06. The van der Waals surface area contributed by atoms with Crippen molar-refractivity contribution in [2.24, 2.45) is 0 Å². The van der Waals surface area contributed by atoms with E-state index in [0.29, 0.717) is 24.1 Å². The number of benzene rings is 1. The number of nitrogens with one attached hydrogen (secondary N) is 1. The van der Waals surface area contributed by atoms with Gasteiger partial charge < -0.3 is 5.32 Å². The topological polar surface area (TPSA) is 59.3 Å². The minimum Gasteiger partial charge on any atom is -0.346 e. The molecule has 0 unspecified atom stereocenters. The monoisotopic (exact) mass is 356 g/mol. The number of carbonyl (C=O) groups is 1. The molecule has 1 saturated carbocycles. The zero-order valence-electron chi connectivity index (χ0n) is 14.1. The van der Waals surface area contributed by atoms with Gasteiger partial charge in [-0.05, 0) is 31.0 Å². The number of fused-ring (bicyclic) bond motifs is 1. The zero-order chi connectivity index (χ0) is 18.1. The molecule has 2 heterocycles. The quantitative estimate of drug-likeness (QED) is 0.780. The van der Waals surface area contributed by atoms with Gasteiger partial charge in [-0.1, -0.05) is 18.9 Å². The summed E-state index contributed by atoms with van der Waals surface area (Å²) in [5.74, 6) is -1.48. The Bertz CT molecular complexity index is 943. The molecule has 1 aliphatic rings. The van der Waals surface area contributed by atoms with Gasteiger partial charge in [0.15, 0.2) is 5.65 Å². The molecule has 1 amide bonds. The molecule has 7 heteroatoms. The van der Waals surface area contributed by atoms with Gasteiger partial charge in [-0.15, -0.1) is 0 Å². The van der Waals surface area contributed by atoms with Crippen molar-refractivity contribution < 1.29 is 13.6 Å². The molecule has 0 spiro atoms. The van der Waals surface area contributed by atoms with Crippen LogP contribution in [0, 0.1) is 11.6 Å². The van der Waals surface area contributed by atoms with Gasteiger partial charge in [0.05, 0.1) is 6.20 Å². The first-order valence-electron chi connectivity index (χ1n) is 8.62. The van der Waals surface area contributed by atoms with Crippen molar-refractivity contribution in [2.45, 2.75) is 37.6 Å². The SMILES string of the molecule is O=C(NC1(Cc2c(F)cccc2F)CCCC1)c1cnn2cccnc12. The fourth-order valence-electron chi connectivity index (χ4n) is 3.73. The first kappa shape index (κ1) is 16.6. The Morgan fingerprint density at radius 3 is 2.65 bits per heavy atom. The lowest BCUT2D eigenvalue weighted by Crippen LogP contribution is -2.48. The molecule has 0 radical (unpaired) electrons. The van der Waals surface area contributed by atoms with Gasteiger partial charge in [0, 0.05) is 29.9 Å². The van der Waals surface area contributed by atoms with Crippen molar-refractivity contribution >= 4 is 11.6 Å². The first-order valence-corrected chi connectivity index (χ1v) is 8.62. The number of halogens is 2. The van der Waals surface area contributed by atoms with E-state index in [9.17, 15) is 13.6 Å². The van der Waals surface area contributed by atoms with Gasteiger partial charge in [-0.2, -0.15) is 5.10 Å². The molecule has 5 nitrogen and oxygen atoms in total. The lowest BCUT2D eigenvalue weighted by Gasteiger charge is -2.30. The highest BCUT2D eigenvalue weighted by Gasteiger charge is 2.37. The van der Waals surface area contributed by atoms with E-state index in [2.05, 4.69) is 15.4 Å². The van der Waals surface area contributed by atoms with E-state index >= 15 is 0 Å². The molecule has 1 aromatic carbocycles. The summed E-state index contributed by atoms with van der Waals surface area (Å²) in [4.78, 5) is 17.0. The van der Waals surface area contributed by atoms with E-state index in [1.54, 1.807) is 18.5 Å². The number of nitrogens with zero attached hydrogens (tertiary/aromatic N) is 3. The lowest BCUT2D eigenvalue weighted by molar-refractivity contribution is 0.0899. The summed E-state index contributed by atoms with van der Waals surface area (Å²) in [7, 11) is 0. The van der Waals surface area contributed by atoms with Crippen molar-refractivity contribution in [3.05, 3.63) is 65.6 Å². The Balaban J connectivity index is 1.64. The summed E-state index contributed by atoms with van der Waals surface area (Å²) in [5.41, 5.74) is 0.164. The van der Waals surface area contributed by atoms with Crippen molar-refractivity contribution in [3.63, 3.8) is 0 Å². The first-order chi connectivity index (χ1) is 12.6. The second-order valence-electron chi connectivity index (χ2n) is 6.76. The second-order valence-corrected chi connectivity index (χ2v) is 6.76. The maximum absolute atomic E-state index is 14.1. The predicted molar refractivity (Wildman–Crippen MR) is 91.7 cm³/mol. The van der Waals surface area contributed by atoms with Crippen LogP contribution in [-0.2, 0) is 6.42 Å². The third-order valence-electron chi connectivity index (χ3n) is 5.04. The Labute approximate surface area is 149 Å². The van der Waals surface area contributed by atoms with Crippen LogP contribution >= 0.6 is 0 Å². The highest BCUT2D eigenvalue weighted by molar-refractivity contribution is 6.00. The smallest absolute Gasteiger partial charge is 0.257 e. The number of hydrogen-bond donors (Lipinski definition) is 1. The van der Waals surface area contributed by atoms with Crippen LogP contribution in [0.15, 0.2) is 42.9 Å². The van der Waals surface area contributed by atoms with Gasteiger partial charge in [0.25, 0.3) is 5.91 Å². The second kappa shape index (κ2) is 6.48. The Hall–Kier alpha value is -2.83. The maximum atomic E-state index is 14.1. The molecule has 1 N–H and O–H groups in total. The predicted octanol–water partition coefficient (Wildman–Crippen LogP) is 3.29. The summed E-state index contributed by atoms with van der Waals surface area (Å²) >= 11 is 0. The summed E-state index contributed by atoms with van der Waals surface area (Å²) < 4.78 is 29.8. The Morgan fingerprint density at radius 2 is 1.92 bits per heavy atom. The molecule has 1 fully saturated rings. The van der Waals surface area contributed by atoms with Gasteiger partial charge in [-0.25, -0.2) is 18.3 Å². The molecule has 0 aliphatic heterocycles. The number of aromatic nitrogens is 3. The number of carbonyl (C=O) groups excluding carboxylic acids is 1. The van der Waals surface area contributed by atoms with Gasteiger partial charge in [0.2, 0.25) is 0 Å². The number of hydrogen-bond acceptors (Lipinski definition) is 3. The fraction of sp³-hybridized carbons (Fsp3) is 0.316. The Morgan fingerprint density at radius 1 is 1.19 bits per heavy atom. The maximum Gasteiger partial charge on any atom is 0.257 e. The van der Waals surface area contributed by atoms with Crippen LogP contribution in [0.3, 0.4) is 0 Å². The van der Waals surface area contributed by atoms with Crippen LogP contribution in [-0.4, -0.2) is 26.0 Å². The minimum absolute atomic E-state index is 0.0210. The van der Waals surface area contributed by atoms with E-state index in [-0.39, 0.29) is 17.9 Å². The molecule has 0 atom stereocenters. The molecule has 3 aromatic rings. The molecule has 0 bridgehead atoms. The molecule has 0 saturated heterocycles. The summed E-state index contributed by atoms with van der Waals surface area (Å²) in [6.45, 7) is 0. The van der Waals surface area contributed by atoms with Gasteiger partial charge in [0.1, 0.15) is 17.2 Å². The third kappa shape index (κ3) is 2.94. The van der Waals surface area contributed by atoms with Crippen LogP contribution in [0.5, 0.6) is 0 Å². The summed E-state index contributed by atoms with van der Waals surface area (Å²) in [6, 6.07) is 5.57. The molecule has 4 rings (SSSR count). The highest BCUT2D eigenvalue weighted by Crippen LogP contribution is 2.34. The van der Waals surface area contributed by atoms with Crippen LogP contribution in [0.2, 0.25) is 0 Å². The molecule has 134 valence electrons. The van der Waals surface area contributed by atoms with E-state index in [1.165, 1.54) is 28.9 Å². The molecular formula is C19H18F2N4O. The molecule has 2 aromatic heterocycles. The van der Waals surface area contributed by atoms with Crippen LogP contribution in [0.25, 0.3) is 5.65 Å². The molecule has 26 heavy (non-hydrogen) atoms. The van der Waals surface area contributed by atoms with E-state index in [4.69, 9.17) is 0 Å². The fourth-order valence-corrected chi connectivity index (χ4v) is 3.73. The summed E-state index contributed by atoms with van der Waals surface area (Å²) in [5, 5.41) is 7.15. The number of rotatable bonds is 4.